The molecule has 6 nitrogen and oxygen atoms in total. The first-order chi connectivity index (χ1) is 13.5. The molecule has 3 rings (SSSR count). The minimum absolute atomic E-state index is 0.0210. The van der Waals surface area contributed by atoms with Gasteiger partial charge >= 0.3 is 0 Å². The summed E-state index contributed by atoms with van der Waals surface area (Å²) in [6.45, 7) is 3.69. The molecule has 0 aliphatic carbocycles. The molecule has 1 unspecified atom stereocenters. The Morgan fingerprint density at radius 1 is 1.04 bits per heavy atom. The molecule has 1 fully saturated rings. The maximum atomic E-state index is 12.8. The largest absolute Gasteiger partial charge is 0.493 e. The van der Waals surface area contributed by atoms with Gasteiger partial charge in [-0.15, -0.1) is 0 Å². The lowest BCUT2D eigenvalue weighted by Crippen LogP contribution is -2.39. The van der Waals surface area contributed by atoms with Crippen LogP contribution in [0.4, 0.5) is 5.69 Å². The number of methoxy groups -OCH3 is 2. The Labute approximate surface area is 165 Å². The van der Waals surface area contributed by atoms with E-state index < -0.39 is 0 Å². The van der Waals surface area contributed by atoms with Crippen LogP contribution in [0, 0.1) is 5.92 Å². The van der Waals surface area contributed by atoms with Crippen molar-refractivity contribution in [3.8, 4) is 11.5 Å². The first-order valence-corrected chi connectivity index (χ1v) is 9.44. The first-order valence-electron chi connectivity index (χ1n) is 9.44. The summed E-state index contributed by atoms with van der Waals surface area (Å²) >= 11 is 0. The smallest absolute Gasteiger partial charge is 0.255 e. The molecule has 2 aromatic carbocycles. The van der Waals surface area contributed by atoms with Gasteiger partial charge < -0.3 is 19.7 Å². The molecule has 0 spiro atoms. The van der Waals surface area contributed by atoms with Crippen LogP contribution in [0.2, 0.25) is 0 Å². The topological polar surface area (TPSA) is 67.9 Å². The lowest BCUT2D eigenvalue weighted by Gasteiger charge is -2.31. The highest BCUT2D eigenvalue weighted by Crippen LogP contribution is 2.30. The third kappa shape index (κ3) is 4.44. The number of nitrogens with one attached hydrogen (secondary N) is 1. The molecule has 1 atom stereocenters. The summed E-state index contributed by atoms with van der Waals surface area (Å²) in [7, 11) is 3.10. The lowest BCUT2D eigenvalue weighted by atomic mass is 9.99. The van der Waals surface area contributed by atoms with E-state index >= 15 is 0 Å². The van der Waals surface area contributed by atoms with Crippen molar-refractivity contribution in [1.82, 2.24) is 4.90 Å². The SMILES string of the molecule is COc1ccc(NC(=O)c2cccc(C(=O)N3CCCC(C)C3)c2)cc1OC. The molecule has 0 saturated carbocycles. The number of rotatable bonds is 5. The van der Waals surface area contributed by atoms with Crippen molar-refractivity contribution in [2.75, 3.05) is 32.6 Å². The van der Waals surface area contributed by atoms with Gasteiger partial charge in [0.25, 0.3) is 11.8 Å². The zero-order valence-electron chi connectivity index (χ0n) is 16.5. The van der Waals surface area contributed by atoms with Gasteiger partial charge in [0.1, 0.15) is 0 Å². The lowest BCUT2D eigenvalue weighted by molar-refractivity contribution is 0.0683. The predicted molar refractivity (Wildman–Crippen MR) is 108 cm³/mol. The van der Waals surface area contributed by atoms with Crippen LogP contribution >= 0.6 is 0 Å². The van der Waals surface area contributed by atoms with Crippen LogP contribution in [0.5, 0.6) is 11.5 Å². The summed E-state index contributed by atoms with van der Waals surface area (Å²) in [6.07, 6.45) is 2.17. The number of carbonyl (C=O) groups is 2. The number of amides is 2. The van der Waals surface area contributed by atoms with Crippen LogP contribution in [0.15, 0.2) is 42.5 Å². The molecule has 1 N–H and O–H groups in total. The molecular formula is C22H26N2O4. The second kappa shape index (κ2) is 8.78. The van der Waals surface area contributed by atoms with Crippen molar-refractivity contribution in [2.45, 2.75) is 19.8 Å². The molecular weight excluding hydrogens is 356 g/mol. The van der Waals surface area contributed by atoms with Gasteiger partial charge in [0.2, 0.25) is 0 Å². The summed E-state index contributed by atoms with van der Waals surface area (Å²) in [6, 6.07) is 12.0. The molecule has 1 saturated heterocycles. The number of likely N-dealkylation sites (tertiary alicyclic amines) is 1. The molecule has 0 bridgehead atoms. The van der Waals surface area contributed by atoms with E-state index in [1.54, 1.807) is 56.7 Å². The van der Waals surface area contributed by atoms with Crippen LogP contribution in [-0.2, 0) is 0 Å². The monoisotopic (exact) mass is 382 g/mol. The van der Waals surface area contributed by atoms with Crippen molar-refractivity contribution in [2.24, 2.45) is 5.92 Å². The van der Waals surface area contributed by atoms with Gasteiger partial charge in [0.05, 0.1) is 14.2 Å². The summed E-state index contributed by atoms with van der Waals surface area (Å²) in [5.41, 5.74) is 1.56. The van der Waals surface area contributed by atoms with Gasteiger partial charge in [-0.2, -0.15) is 0 Å². The van der Waals surface area contributed by atoms with E-state index in [1.807, 2.05) is 4.90 Å². The maximum absolute atomic E-state index is 12.8. The third-order valence-electron chi connectivity index (χ3n) is 4.96. The summed E-state index contributed by atoms with van der Waals surface area (Å²) in [5.74, 6) is 1.32. The summed E-state index contributed by atoms with van der Waals surface area (Å²) in [4.78, 5) is 27.3. The Morgan fingerprint density at radius 3 is 2.50 bits per heavy atom. The zero-order chi connectivity index (χ0) is 20.1. The van der Waals surface area contributed by atoms with Crippen LogP contribution in [0.25, 0.3) is 0 Å². The summed E-state index contributed by atoms with van der Waals surface area (Å²) < 4.78 is 10.5. The predicted octanol–water partition coefficient (Wildman–Crippen LogP) is 3.83. The van der Waals surface area contributed by atoms with E-state index in [0.29, 0.717) is 34.2 Å². The fourth-order valence-corrected chi connectivity index (χ4v) is 3.47. The number of ether oxygens (including phenoxy) is 2. The highest BCUT2D eigenvalue weighted by molar-refractivity contribution is 6.06. The quantitative estimate of drug-likeness (QED) is 0.853. The number of benzene rings is 2. The van der Waals surface area contributed by atoms with Gasteiger partial charge in [-0.25, -0.2) is 0 Å². The van der Waals surface area contributed by atoms with Crippen molar-refractivity contribution in [3.05, 3.63) is 53.6 Å². The van der Waals surface area contributed by atoms with E-state index in [9.17, 15) is 9.59 Å². The number of carbonyl (C=O) groups excluding carboxylic acids is 2. The standard InChI is InChI=1S/C22H26N2O4/c1-15-6-5-11-24(14-15)22(26)17-8-4-7-16(12-17)21(25)23-18-9-10-19(27-2)20(13-18)28-3/h4,7-10,12-13,15H,5-6,11,14H2,1-3H3,(H,23,25). The van der Waals surface area contributed by atoms with Crippen LogP contribution in [0.3, 0.4) is 0 Å². The number of hydrogen-bond acceptors (Lipinski definition) is 4. The molecule has 2 aromatic rings. The molecule has 1 aliphatic heterocycles. The molecule has 0 aromatic heterocycles. The van der Waals surface area contributed by atoms with Gasteiger partial charge in [-0.05, 0) is 49.1 Å². The van der Waals surface area contributed by atoms with Gasteiger partial charge in [0.15, 0.2) is 11.5 Å². The van der Waals surface area contributed by atoms with Crippen molar-refractivity contribution >= 4 is 17.5 Å². The zero-order valence-corrected chi connectivity index (χ0v) is 16.5. The fourth-order valence-electron chi connectivity index (χ4n) is 3.47. The molecule has 6 heteroatoms. The normalized spacial score (nSPS) is 16.4. The van der Waals surface area contributed by atoms with Crippen LogP contribution < -0.4 is 14.8 Å². The Balaban J connectivity index is 1.74. The minimum Gasteiger partial charge on any atom is -0.493 e. The second-order valence-electron chi connectivity index (χ2n) is 7.10. The molecule has 2 amide bonds. The molecule has 1 aliphatic rings. The molecule has 148 valence electrons. The molecule has 1 heterocycles. The number of piperidine rings is 1. The highest BCUT2D eigenvalue weighted by atomic mass is 16.5. The Morgan fingerprint density at radius 2 is 1.79 bits per heavy atom. The Kier molecular flexibility index (Phi) is 6.19. The highest BCUT2D eigenvalue weighted by Gasteiger charge is 2.22. The van der Waals surface area contributed by atoms with E-state index in [2.05, 4.69) is 12.2 Å². The van der Waals surface area contributed by atoms with Crippen LogP contribution in [0.1, 0.15) is 40.5 Å². The van der Waals surface area contributed by atoms with E-state index in [0.717, 1.165) is 25.9 Å². The van der Waals surface area contributed by atoms with Gasteiger partial charge in [0, 0.05) is 36.0 Å². The van der Waals surface area contributed by atoms with Gasteiger partial charge in [-0.1, -0.05) is 13.0 Å². The Bertz CT molecular complexity index is 865. The van der Waals surface area contributed by atoms with Crippen molar-refractivity contribution < 1.29 is 19.1 Å². The van der Waals surface area contributed by atoms with E-state index in [1.165, 1.54) is 0 Å². The average molecular weight is 382 g/mol. The van der Waals surface area contributed by atoms with Crippen LogP contribution in [-0.4, -0.2) is 44.0 Å². The molecule has 28 heavy (non-hydrogen) atoms. The van der Waals surface area contributed by atoms with E-state index in [-0.39, 0.29) is 11.8 Å². The van der Waals surface area contributed by atoms with E-state index in [4.69, 9.17) is 9.47 Å². The number of nitrogens with zero attached hydrogens (tertiary/aromatic N) is 1. The fraction of sp³-hybridized carbons (Fsp3) is 0.364. The minimum atomic E-state index is -0.283. The molecule has 0 radical (unpaired) electrons. The maximum Gasteiger partial charge on any atom is 0.255 e. The first kappa shape index (κ1) is 19.7. The number of hydrogen-bond donors (Lipinski definition) is 1. The van der Waals surface area contributed by atoms with Crippen molar-refractivity contribution in [3.63, 3.8) is 0 Å². The summed E-state index contributed by atoms with van der Waals surface area (Å²) in [5, 5.41) is 2.84. The average Bonchev–Trinajstić information content (AvgIpc) is 2.73. The van der Waals surface area contributed by atoms with Gasteiger partial charge in [-0.3, -0.25) is 9.59 Å². The Hall–Kier alpha value is -3.02. The third-order valence-corrected chi connectivity index (χ3v) is 4.96. The van der Waals surface area contributed by atoms with Crippen molar-refractivity contribution in [1.29, 1.82) is 0 Å². The number of anilines is 1. The second-order valence-corrected chi connectivity index (χ2v) is 7.10.